The van der Waals surface area contributed by atoms with Crippen molar-refractivity contribution in [2.75, 3.05) is 26.4 Å². The summed E-state index contributed by atoms with van der Waals surface area (Å²) in [5, 5.41) is 16.2. The standard InChI is InChI=1S/C6H10O.C4H10O3/c7-6-4-2-1-3-5-6;5-1-3-7-4-2-6/h1-5H2;5-6H,1-4H2. The van der Waals surface area contributed by atoms with E-state index in [2.05, 4.69) is 4.74 Å². The van der Waals surface area contributed by atoms with E-state index in [9.17, 15) is 4.79 Å². The minimum atomic E-state index is 0.0278. The van der Waals surface area contributed by atoms with E-state index in [0.717, 1.165) is 25.7 Å². The molecule has 0 bridgehead atoms. The van der Waals surface area contributed by atoms with E-state index in [1.54, 1.807) is 0 Å². The Morgan fingerprint density at radius 2 is 1.50 bits per heavy atom. The van der Waals surface area contributed by atoms with Gasteiger partial charge in [0.15, 0.2) is 0 Å². The highest BCUT2D eigenvalue weighted by atomic mass is 16.5. The molecule has 0 aromatic carbocycles. The van der Waals surface area contributed by atoms with Gasteiger partial charge in [0.25, 0.3) is 0 Å². The zero-order valence-electron chi connectivity index (χ0n) is 8.57. The summed E-state index contributed by atoms with van der Waals surface area (Å²) in [5.74, 6) is 0.464. The molecule has 0 aromatic heterocycles. The number of carbonyl (C=O) groups excluding carboxylic acids is 1. The van der Waals surface area contributed by atoms with E-state index >= 15 is 0 Å². The largest absolute Gasteiger partial charge is 0.394 e. The Morgan fingerprint density at radius 1 is 1.00 bits per heavy atom. The Hall–Kier alpha value is -0.450. The van der Waals surface area contributed by atoms with E-state index in [-0.39, 0.29) is 13.2 Å². The molecule has 1 aliphatic carbocycles. The molecular weight excluding hydrogens is 184 g/mol. The van der Waals surface area contributed by atoms with Crippen LogP contribution in [0.5, 0.6) is 0 Å². The zero-order chi connectivity index (χ0) is 10.6. The number of aliphatic hydroxyl groups excluding tert-OH is 2. The minimum Gasteiger partial charge on any atom is -0.394 e. The molecule has 0 spiro atoms. The van der Waals surface area contributed by atoms with Crippen LogP contribution in [0.4, 0.5) is 0 Å². The fourth-order valence-electron chi connectivity index (χ4n) is 1.18. The molecule has 4 nitrogen and oxygen atoms in total. The average Bonchev–Trinajstić information content (AvgIpc) is 2.21. The van der Waals surface area contributed by atoms with Crippen molar-refractivity contribution in [3.63, 3.8) is 0 Å². The second-order valence-corrected chi connectivity index (χ2v) is 3.16. The second kappa shape index (κ2) is 10.6. The van der Waals surface area contributed by atoms with Crippen LogP contribution in [0.25, 0.3) is 0 Å². The third-order valence-electron chi connectivity index (χ3n) is 1.88. The molecule has 0 amide bonds. The van der Waals surface area contributed by atoms with Gasteiger partial charge < -0.3 is 14.9 Å². The minimum absolute atomic E-state index is 0.0278. The molecule has 0 unspecified atom stereocenters. The van der Waals surface area contributed by atoms with Crippen molar-refractivity contribution in [1.82, 2.24) is 0 Å². The van der Waals surface area contributed by atoms with Crippen LogP contribution < -0.4 is 0 Å². The molecule has 4 heteroatoms. The Morgan fingerprint density at radius 3 is 1.79 bits per heavy atom. The number of ketones is 1. The molecule has 1 aliphatic rings. The lowest BCUT2D eigenvalue weighted by Gasteiger charge is -2.05. The van der Waals surface area contributed by atoms with Gasteiger partial charge in [-0.15, -0.1) is 0 Å². The summed E-state index contributed by atoms with van der Waals surface area (Å²) in [6.45, 7) is 0.696. The van der Waals surface area contributed by atoms with Crippen molar-refractivity contribution >= 4 is 5.78 Å². The van der Waals surface area contributed by atoms with Crippen molar-refractivity contribution in [3.8, 4) is 0 Å². The van der Waals surface area contributed by atoms with Gasteiger partial charge in [0.2, 0.25) is 0 Å². The predicted molar refractivity (Wildman–Crippen MR) is 53.1 cm³/mol. The van der Waals surface area contributed by atoms with Gasteiger partial charge in [-0.25, -0.2) is 0 Å². The molecule has 0 aromatic rings. The molecule has 84 valence electrons. The van der Waals surface area contributed by atoms with Gasteiger partial charge in [-0.3, -0.25) is 4.79 Å². The normalized spacial score (nSPS) is 16.0. The highest BCUT2D eigenvalue weighted by molar-refractivity contribution is 5.78. The maximum absolute atomic E-state index is 10.5. The first-order valence-electron chi connectivity index (χ1n) is 5.12. The summed E-state index contributed by atoms with van der Waals surface area (Å²) in [6, 6.07) is 0. The van der Waals surface area contributed by atoms with Gasteiger partial charge in [-0.05, 0) is 12.8 Å². The third kappa shape index (κ3) is 9.64. The van der Waals surface area contributed by atoms with Crippen LogP contribution in [-0.4, -0.2) is 42.4 Å². The fourth-order valence-corrected chi connectivity index (χ4v) is 1.18. The van der Waals surface area contributed by atoms with Crippen molar-refractivity contribution < 1.29 is 19.7 Å². The lowest BCUT2D eigenvalue weighted by atomic mass is 10.00. The Kier molecular flexibility index (Phi) is 10.3. The van der Waals surface area contributed by atoms with Crippen molar-refractivity contribution in [2.24, 2.45) is 0 Å². The maximum Gasteiger partial charge on any atom is 0.132 e. The number of ether oxygens (including phenoxy) is 1. The molecular formula is C10H20O4. The lowest BCUT2D eigenvalue weighted by Crippen LogP contribution is -2.03. The molecule has 1 saturated carbocycles. The second-order valence-electron chi connectivity index (χ2n) is 3.16. The molecule has 0 aliphatic heterocycles. The van der Waals surface area contributed by atoms with Gasteiger partial charge in [0.1, 0.15) is 5.78 Å². The van der Waals surface area contributed by atoms with Gasteiger partial charge >= 0.3 is 0 Å². The van der Waals surface area contributed by atoms with E-state index in [0.29, 0.717) is 19.0 Å². The zero-order valence-corrected chi connectivity index (χ0v) is 8.57. The van der Waals surface area contributed by atoms with Crippen LogP contribution in [-0.2, 0) is 9.53 Å². The summed E-state index contributed by atoms with van der Waals surface area (Å²) >= 11 is 0. The number of hydrogen-bond donors (Lipinski definition) is 2. The van der Waals surface area contributed by atoms with Crippen LogP contribution in [0.1, 0.15) is 32.1 Å². The van der Waals surface area contributed by atoms with E-state index in [4.69, 9.17) is 10.2 Å². The summed E-state index contributed by atoms with van der Waals surface area (Å²) in [4.78, 5) is 10.5. The van der Waals surface area contributed by atoms with Gasteiger partial charge in [-0.2, -0.15) is 0 Å². The maximum atomic E-state index is 10.5. The Balaban J connectivity index is 0.000000241. The molecule has 0 radical (unpaired) electrons. The van der Waals surface area contributed by atoms with E-state index < -0.39 is 0 Å². The highest BCUT2D eigenvalue weighted by Gasteiger charge is 2.05. The number of carbonyl (C=O) groups is 1. The number of hydrogen-bond acceptors (Lipinski definition) is 4. The Labute approximate surface area is 84.9 Å². The summed E-state index contributed by atoms with van der Waals surface area (Å²) in [6.07, 6.45) is 5.24. The fraction of sp³-hybridized carbons (Fsp3) is 0.900. The predicted octanol–water partition coefficient (Wildman–Crippen LogP) is 0.507. The van der Waals surface area contributed by atoms with Crippen molar-refractivity contribution in [3.05, 3.63) is 0 Å². The molecule has 0 heterocycles. The summed E-state index contributed by atoms with van der Waals surface area (Å²) in [5.41, 5.74) is 0. The topological polar surface area (TPSA) is 66.8 Å². The van der Waals surface area contributed by atoms with Crippen LogP contribution in [0.15, 0.2) is 0 Å². The molecule has 0 saturated heterocycles. The number of Topliss-reactive ketones (excluding diaryl/α,β-unsaturated/α-hetero) is 1. The number of aliphatic hydroxyl groups is 2. The monoisotopic (exact) mass is 204 g/mol. The van der Waals surface area contributed by atoms with Crippen LogP contribution in [0, 0.1) is 0 Å². The van der Waals surface area contributed by atoms with Gasteiger partial charge in [-0.1, -0.05) is 6.42 Å². The first-order chi connectivity index (χ1) is 6.81. The van der Waals surface area contributed by atoms with Crippen LogP contribution in [0.3, 0.4) is 0 Å². The Bertz CT molecular complexity index is 124. The molecule has 2 N–H and O–H groups in total. The van der Waals surface area contributed by atoms with Gasteiger partial charge in [0.05, 0.1) is 26.4 Å². The van der Waals surface area contributed by atoms with Crippen molar-refractivity contribution in [2.45, 2.75) is 32.1 Å². The smallest absolute Gasteiger partial charge is 0.132 e. The lowest BCUT2D eigenvalue weighted by molar-refractivity contribution is -0.120. The van der Waals surface area contributed by atoms with E-state index in [1.807, 2.05) is 0 Å². The highest BCUT2D eigenvalue weighted by Crippen LogP contribution is 2.12. The number of rotatable bonds is 4. The molecule has 1 fully saturated rings. The third-order valence-corrected chi connectivity index (χ3v) is 1.88. The summed E-state index contributed by atoms with van der Waals surface area (Å²) in [7, 11) is 0. The molecule has 1 rings (SSSR count). The van der Waals surface area contributed by atoms with Crippen molar-refractivity contribution in [1.29, 1.82) is 0 Å². The van der Waals surface area contributed by atoms with Crippen LogP contribution >= 0.6 is 0 Å². The summed E-state index contributed by atoms with van der Waals surface area (Å²) < 4.78 is 4.63. The SMILES string of the molecule is O=C1CCCCC1.OCCOCCO. The first-order valence-corrected chi connectivity index (χ1v) is 5.12. The first kappa shape index (κ1) is 13.5. The average molecular weight is 204 g/mol. The molecule has 14 heavy (non-hydrogen) atoms. The van der Waals surface area contributed by atoms with E-state index in [1.165, 1.54) is 6.42 Å². The van der Waals surface area contributed by atoms with Crippen LogP contribution in [0.2, 0.25) is 0 Å². The molecule has 0 atom stereocenters. The quantitative estimate of drug-likeness (QED) is 0.655. The van der Waals surface area contributed by atoms with Gasteiger partial charge in [0, 0.05) is 12.8 Å².